The Bertz CT molecular complexity index is 508. The third-order valence-electron chi connectivity index (χ3n) is 3.93. The lowest BCUT2D eigenvalue weighted by Crippen LogP contribution is -2.52. The molecule has 0 radical (unpaired) electrons. The highest BCUT2D eigenvalue weighted by Gasteiger charge is 2.30. The smallest absolute Gasteiger partial charge is 0.251 e. The van der Waals surface area contributed by atoms with Gasteiger partial charge in [0.05, 0.1) is 6.54 Å². The number of hydrogen-bond donors (Lipinski definition) is 1. The molecule has 2 amide bonds. The van der Waals surface area contributed by atoms with Crippen LogP contribution in [0.15, 0.2) is 11.6 Å². The molecule has 8 heteroatoms. The summed E-state index contributed by atoms with van der Waals surface area (Å²) in [7, 11) is 0. The fourth-order valence-electron chi connectivity index (χ4n) is 2.75. The van der Waals surface area contributed by atoms with Gasteiger partial charge in [-0.25, -0.2) is 4.98 Å². The van der Waals surface area contributed by atoms with Crippen LogP contribution in [-0.4, -0.2) is 72.0 Å². The maximum Gasteiger partial charge on any atom is 0.251 e. The second-order valence-corrected chi connectivity index (χ2v) is 6.38. The normalized spacial score (nSPS) is 22.7. The molecule has 0 aliphatic carbocycles. The van der Waals surface area contributed by atoms with Gasteiger partial charge < -0.3 is 15.0 Å². The van der Waals surface area contributed by atoms with E-state index in [0.29, 0.717) is 44.5 Å². The first kappa shape index (κ1) is 15.4. The van der Waals surface area contributed by atoms with E-state index in [1.54, 1.807) is 6.20 Å². The van der Waals surface area contributed by atoms with Gasteiger partial charge in [0, 0.05) is 44.4 Å². The Labute approximate surface area is 133 Å². The van der Waals surface area contributed by atoms with E-state index in [0.717, 1.165) is 12.8 Å². The molecule has 0 aromatic carbocycles. The lowest BCUT2D eigenvalue weighted by Gasteiger charge is -2.35. The van der Waals surface area contributed by atoms with Gasteiger partial charge >= 0.3 is 0 Å². The molecule has 3 heterocycles. The molecule has 7 nitrogen and oxygen atoms in total. The third kappa shape index (κ3) is 3.82. The molecule has 2 fully saturated rings. The Balaban J connectivity index is 1.41. The molecule has 1 N–H and O–H groups in total. The first-order valence-electron chi connectivity index (χ1n) is 7.54. The summed E-state index contributed by atoms with van der Waals surface area (Å²) >= 11 is 1.40. The number of ether oxygens (including phenoxy) is 1. The zero-order valence-electron chi connectivity index (χ0n) is 12.4. The van der Waals surface area contributed by atoms with Crippen molar-refractivity contribution in [3.05, 3.63) is 11.6 Å². The summed E-state index contributed by atoms with van der Waals surface area (Å²) < 4.78 is 5.44. The molecule has 0 spiro atoms. The highest BCUT2D eigenvalue weighted by atomic mass is 32.1. The Hall–Kier alpha value is -1.51. The van der Waals surface area contributed by atoms with Gasteiger partial charge in [-0.3, -0.25) is 14.5 Å². The number of nitrogens with zero attached hydrogens (tertiary/aromatic N) is 3. The predicted octanol–water partition coefficient (Wildman–Crippen LogP) is 0.405. The predicted molar refractivity (Wildman–Crippen MR) is 82.7 cm³/mol. The van der Waals surface area contributed by atoms with E-state index in [2.05, 4.69) is 15.2 Å². The van der Waals surface area contributed by atoms with Gasteiger partial charge in [0.25, 0.3) is 5.91 Å². The minimum Gasteiger partial charge on any atom is -0.368 e. The van der Waals surface area contributed by atoms with Crippen LogP contribution in [0.3, 0.4) is 0 Å². The van der Waals surface area contributed by atoms with E-state index >= 15 is 0 Å². The van der Waals surface area contributed by atoms with Crippen LogP contribution in [-0.2, 0) is 14.3 Å². The topological polar surface area (TPSA) is 74.8 Å². The van der Waals surface area contributed by atoms with E-state index in [-0.39, 0.29) is 17.9 Å². The number of carbonyl (C=O) groups is 2. The molecule has 0 bridgehead atoms. The molecule has 2 aliphatic rings. The average Bonchev–Trinajstić information content (AvgIpc) is 3.20. The summed E-state index contributed by atoms with van der Waals surface area (Å²) in [4.78, 5) is 32.1. The number of aromatic nitrogens is 1. The number of thiazole rings is 1. The fourth-order valence-corrected chi connectivity index (χ4v) is 3.29. The Morgan fingerprint density at radius 2 is 2.18 bits per heavy atom. The van der Waals surface area contributed by atoms with Crippen molar-refractivity contribution in [2.75, 3.05) is 44.6 Å². The minimum absolute atomic E-state index is 0.0612. The quantitative estimate of drug-likeness (QED) is 0.868. The molecule has 22 heavy (non-hydrogen) atoms. The number of rotatable bonds is 4. The van der Waals surface area contributed by atoms with Gasteiger partial charge in [-0.05, 0) is 12.8 Å². The molecule has 2 saturated heterocycles. The van der Waals surface area contributed by atoms with Crippen molar-refractivity contribution in [1.82, 2.24) is 14.8 Å². The summed E-state index contributed by atoms with van der Waals surface area (Å²) in [6.45, 7) is 3.76. The summed E-state index contributed by atoms with van der Waals surface area (Å²) in [6.07, 6.45) is 3.21. The average molecular weight is 324 g/mol. The van der Waals surface area contributed by atoms with Gasteiger partial charge in [-0.15, -0.1) is 11.3 Å². The molecule has 0 saturated carbocycles. The molecular weight excluding hydrogens is 304 g/mol. The highest BCUT2D eigenvalue weighted by molar-refractivity contribution is 7.13. The molecule has 2 aliphatic heterocycles. The molecule has 1 unspecified atom stereocenters. The number of nitrogens with one attached hydrogen (secondary N) is 1. The zero-order valence-corrected chi connectivity index (χ0v) is 13.2. The van der Waals surface area contributed by atoms with Crippen molar-refractivity contribution in [2.45, 2.75) is 18.9 Å². The van der Waals surface area contributed by atoms with E-state index < -0.39 is 0 Å². The first-order chi connectivity index (χ1) is 10.7. The van der Waals surface area contributed by atoms with Gasteiger partial charge in [-0.2, -0.15) is 0 Å². The largest absolute Gasteiger partial charge is 0.368 e. The number of hydrogen-bond acceptors (Lipinski definition) is 6. The van der Waals surface area contributed by atoms with Crippen molar-refractivity contribution in [3.8, 4) is 0 Å². The van der Waals surface area contributed by atoms with Crippen LogP contribution in [0.1, 0.15) is 12.8 Å². The first-order valence-corrected chi connectivity index (χ1v) is 8.42. The van der Waals surface area contributed by atoms with E-state index in [1.165, 1.54) is 11.3 Å². The standard InChI is InChI=1S/C14H20N4O3S/c19-12(16-14-15-3-9-22-14)10-17-4-6-18(7-5-17)13(20)11-2-1-8-21-11/h3,9,11H,1-2,4-8,10H2,(H,15,16,19). The SMILES string of the molecule is O=C(CN1CCN(C(=O)C2CCCO2)CC1)Nc1nccs1. The molecule has 1 aromatic heterocycles. The zero-order chi connectivity index (χ0) is 15.4. The van der Waals surface area contributed by atoms with Gasteiger partial charge in [-0.1, -0.05) is 0 Å². The van der Waals surface area contributed by atoms with Crippen LogP contribution < -0.4 is 5.32 Å². The summed E-state index contributed by atoms with van der Waals surface area (Å²) in [6, 6.07) is 0. The van der Waals surface area contributed by atoms with Crippen LogP contribution in [0.4, 0.5) is 5.13 Å². The highest BCUT2D eigenvalue weighted by Crippen LogP contribution is 2.16. The van der Waals surface area contributed by atoms with E-state index in [4.69, 9.17) is 4.74 Å². The molecule has 1 atom stereocenters. The van der Waals surface area contributed by atoms with Crippen molar-refractivity contribution in [2.24, 2.45) is 0 Å². The minimum atomic E-state index is -0.250. The van der Waals surface area contributed by atoms with Crippen molar-refractivity contribution in [1.29, 1.82) is 0 Å². The second kappa shape index (κ2) is 7.17. The number of amides is 2. The lowest BCUT2D eigenvalue weighted by molar-refractivity contribution is -0.142. The van der Waals surface area contributed by atoms with Gasteiger partial charge in [0.15, 0.2) is 5.13 Å². The molecular formula is C14H20N4O3S. The molecule has 120 valence electrons. The molecule has 1 aromatic rings. The van der Waals surface area contributed by atoms with Gasteiger partial charge in [0.1, 0.15) is 6.10 Å². The summed E-state index contributed by atoms with van der Waals surface area (Å²) in [5.74, 6) is 0.0400. The monoisotopic (exact) mass is 324 g/mol. The van der Waals surface area contributed by atoms with Crippen molar-refractivity contribution >= 4 is 28.3 Å². The molecule has 3 rings (SSSR count). The van der Waals surface area contributed by atoms with E-state index in [1.807, 2.05) is 10.3 Å². The van der Waals surface area contributed by atoms with Crippen molar-refractivity contribution < 1.29 is 14.3 Å². The summed E-state index contributed by atoms with van der Waals surface area (Å²) in [5.41, 5.74) is 0. The second-order valence-electron chi connectivity index (χ2n) is 5.49. The maximum atomic E-state index is 12.2. The Morgan fingerprint density at radius 3 is 2.82 bits per heavy atom. The lowest BCUT2D eigenvalue weighted by atomic mass is 10.2. The number of anilines is 1. The van der Waals surface area contributed by atoms with Crippen LogP contribution >= 0.6 is 11.3 Å². The summed E-state index contributed by atoms with van der Waals surface area (Å²) in [5, 5.41) is 5.22. The van der Waals surface area contributed by atoms with Crippen molar-refractivity contribution in [3.63, 3.8) is 0 Å². The maximum absolute atomic E-state index is 12.2. The van der Waals surface area contributed by atoms with Gasteiger partial charge in [0.2, 0.25) is 5.91 Å². The van der Waals surface area contributed by atoms with Crippen LogP contribution in [0.2, 0.25) is 0 Å². The third-order valence-corrected chi connectivity index (χ3v) is 4.62. The van der Waals surface area contributed by atoms with Crippen LogP contribution in [0.5, 0.6) is 0 Å². The number of carbonyl (C=O) groups excluding carboxylic acids is 2. The van der Waals surface area contributed by atoms with Crippen LogP contribution in [0.25, 0.3) is 0 Å². The van der Waals surface area contributed by atoms with Crippen LogP contribution in [0, 0.1) is 0 Å². The fraction of sp³-hybridized carbons (Fsp3) is 0.643. The number of piperazine rings is 1. The Kier molecular flexibility index (Phi) is 5.01. The van der Waals surface area contributed by atoms with E-state index in [9.17, 15) is 9.59 Å². The Morgan fingerprint density at radius 1 is 1.36 bits per heavy atom.